The van der Waals surface area contributed by atoms with Crippen LogP contribution in [0.4, 0.5) is 13.2 Å². The molecule has 1 fully saturated rings. The van der Waals surface area contributed by atoms with E-state index in [0.717, 1.165) is 6.26 Å². The third kappa shape index (κ3) is 6.80. The van der Waals surface area contributed by atoms with Gasteiger partial charge in [0.1, 0.15) is 6.04 Å². The smallest absolute Gasteiger partial charge is 0.337 e. The second-order valence-electron chi connectivity index (χ2n) is 9.39. The van der Waals surface area contributed by atoms with Gasteiger partial charge in [-0.15, -0.1) is 0 Å². The Bertz CT molecular complexity index is 1110. The average molecular weight is 498 g/mol. The van der Waals surface area contributed by atoms with Crippen LogP contribution in [0.2, 0.25) is 0 Å². The lowest BCUT2D eigenvalue weighted by atomic mass is 9.97. The number of sulfone groups is 1. The Balaban J connectivity index is 1.83. The molecule has 0 bridgehead atoms. The molecule has 186 valence electrons. The summed E-state index contributed by atoms with van der Waals surface area (Å²) in [5, 5.41) is 5.17. The van der Waals surface area contributed by atoms with E-state index in [0.29, 0.717) is 24.0 Å². The van der Waals surface area contributed by atoms with E-state index >= 15 is 0 Å². The molecule has 0 spiro atoms. The molecular weight excluding hydrogens is 467 g/mol. The minimum atomic E-state index is -4.63. The van der Waals surface area contributed by atoms with E-state index in [2.05, 4.69) is 10.6 Å². The molecule has 0 saturated heterocycles. The summed E-state index contributed by atoms with van der Waals surface area (Å²) in [4.78, 5) is 12.9. The van der Waals surface area contributed by atoms with Gasteiger partial charge >= 0.3 is 6.18 Å². The largest absolute Gasteiger partial charge is 0.407 e. The van der Waals surface area contributed by atoms with Crippen LogP contribution in [0.15, 0.2) is 53.4 Å². The van der Waals surface area contributed by atoms with Crippen LogP contribution in [0.5, 0.6) is 0 Å². The SMILES string of the molecule is CC(C)C[C@H](N[C@@H](c1ccc(-c2ccc(S(C)(=O)=O)cc2)cc1)C(F)(F)F)C(=O)NC1(N)CC1. The summed E-state index contributed by atoms with van der Waals surface area (Å²) in [6.45, 7) is 3.67. The highest BCUT2D eigenvalue weighted by Crippen LogP contribution is 2.35. The fourth-order valence-corrected chi connectivity index (χ4v) is 4.29. The second-order valence-corrected chi connectivity index (χ2v) is 11.4. The number of nitrogens with one attached hydrogen (secondary N) is 2. The standard InChI is InChI=1S/C24H30F3N3O3S/c1-15(2)14-20(22(31)30-23(28)12-13-23)29-21(24(25,26)27)18-6-4-16(5-7-18)17-8-10-19(11-9-17)34(3,32)33/h4-11,15,20-21,29H,12-14,28H2,1-3H3,(H,30,31)/t20-,21-/m0/s1. The fraction of sp³-hybridized carbons (Fsp3) is 0.458. The lowest BCUT2D eigenvalue weighted by molar-refractivity contribution is -0.161. The number of nitrogens with two attached hydrogens (primary N) is 1. The van der Waals surface area contributed by atoms with Crippen molar-refractivity contribution in [1.29, 1.82) is 0 Å². The Morgan fingerprint density at radius 1 is 1.03 bits per heavy atom. The molecule has 0 aromatic heterocycles. The van der Waals surface area contributed by atoms with Gasteiger partial charge in [0.05, 0.1) is 16.6 Å². The summed E-state index contributed by atoms with van der Waals surface area (Å²) in [6.07, 6.45) is -2.11. The topological polar surface area (TPSA) is 101 Å². The predicted molar refractivity (Wildman–Crippen MR) is 124 cm³/mol. The first kappa shape index (κ1) is 26.2. The Morgan fingerprint density at radius 2 is 1.53 bits per heavy atom. The number of alkyl halides is 3. The maximum absolute atomic E-state index is 14.0. The summed E-state index contributed by atoms with van der Waals surface area (Å²) in [7, 11) is -3.34. The number of rotatable bonds is 9. The van der Waals surface area contributed by atoms with Gasteiger partial charge < -0.3 is 11.1 Å². The maximum Gasteiger partial charge on any atom is 0.407 e. The number of carbonyl (C=O) groups is 1. The molecule has 1 amide bonds. The van der Waals surface area contributed by atoms with Gasteiger partial charge in [0, 0.05) is 6.26 Å². The highest BCUT2D eigenvalue weighted by Gasteiger charge is 2.45. The highest BCUT2D eigenvalue weighted by molar-refractivity contribution is 7.90. The number of amides is 1. The van der Waals surface area contributed by atoms with E-state index in [1.165, 1.54) is 24.3 Å². The summed E-state index contributed by atoms with van der Waals surface area (Å²) in [6, 6.07) is 8.83. The molecule has 3 rings (SSSR count). The van der Waals surface area contributed by atoms with E-state index in [-0.39, 0.29) is 22.8 Å². The molecule has 1 aliphatic carbocycles. The van der Waals surface area contributed by atoms with Crippen LogP contribution >= 0.6 is 0 Å². The monoisotopic (exact) mass is 497 g/mol. The summed E-state index contributed by atoms with van der Waals surface area (Å²) >= 11 is 0. The highest BCUT2D eigenvalue weighted by atomic mass is 32.2. The number of benzene rings is 2. The van der Waals surface area contributed by atoms with Crippen LogP contribution in [0.1, 0.15) is 44.7 Å². The maximum atomic E-state index is 14.0. The van der Waals surface area contributed by atoms with Crippen LogP contribution in [-0.4, -0.2) is 38.5 Å². The van der Waals surface area contributed by atoms with Crippen LogP contribution in [0, 0.1) is 5.92 Å². The van der Waals surface area contributed by atoms with E-state index < -0.39 is 39.7 Å². The lowest BCUT2D eigenvalue weighted by Gasteiger charge is -2.29. The predicted octanol–water partition coefficient (Wildman–Crippen LogP) is 3.93. The Kier molecular flexibility index (Phi) is 7.45. The fourth-order valence-electron chi connectivity index (χ4n) is 3.66. The molecule has 34 heavy (non-hydrogen) atoms. The first-order valence-electron chi connectivity index (χ1n) is 11.0. The summed E-state index contributed by atoms with van der Waals surface area (Å²) in [5.41, 5.74) is 6.39. The molecule has 2 aromatic carbocycles. The quantitative estimate of drug-likeness (QED) is 0.456. The Morgan fingerprint density at radius 3 is 1.94 bits per heavy atom. The minimum absolute atomic E-state index is 0.0117. The van der Waals surface area contributed by atoms with Crippen LogP contribution in [0.25, 0.3) is 11.1 Å². The van der Waals surface area contributed by atoms with Crippen LogP contribution in [-0.2, 0) is 14.6 Å². The second kappa shape index (κ2) is 9.67. The Labute approximate surface area is 198 Å². The average Bonchev–Trinajstić information content (AvgIpc) is 3.46. The zero-order valence-corrected chi connectivity index (χ0v) is 20.1. The van der Waals surface area contributed by atoms with Gasteiger partial charge in [0.25, 0.3) is 0 Å². The zero-order chi connectivity index (χ0) is 25.3. The third-order valence-electron chi connectivity index (χ3n) is 5.74. The number of hydrogen-bond donors (Lipinski definition) is 3. The van der Waals surface area contributed by atoms with Crippen molar-refractivity contribution in [2.75, 3.05) is 6.26 Å². The van der Waals surface area contributed by atoms with Crippen LogP contribution < -0.4 is 16.4 Å². The van der Waals surface area contributed by atoms with Crippen LogP contribution in [0.3, 0.4) is 0 Å². The number of hydrogen-bond acceptors (Lipinski definition) is 5. The lowest BCUT2D eigenvalue weighted by Crippen LogP contribution is -2.54. The van der Waals surface area contributed by atoms with Crippen molar-refractivity contribution in [3.05, 3.63) is 54.1 Å². The molecule has 2 aromatic rings. The van der Waals surface area contributed by atoms with Gasteiger partial charge in [-0.3, -0.25) is 10.1 Å². The van der Waals surface area contributed by atoms with Crippen molar-refractivity contribution in [3.63, 3.8) is 0 Å². The number of halogens is 3. The first-order chi connectivity index (χ1) is 15.7. The van der Waals surface area contributed by atoms with Gasteiger partial charge in [0.15, 0.2) is 9.84 Å². The van der Waals surface area contributed by atoms with Gasteiger partial charge in [-0.2, -0.15) is 13.2 Å². The van der Waals surface area contributed by atoms with E-state index in [1.54, 1.807) is 24.3 Å². The van der Waals surface area contributed by atoms with Gasteiger partial charge in [-0.25, -0.2) is 8.42 Å². The van der Waals surface area contributed by atoms with Crippen molar-refractivity contribution in [2.45, 2.75) is 61.9 Å². The molecule has 1 aliphatic rings. The summed E-state index contributed by atoms with van der Waals surface area (Å²) < 4.78 is 65.3. The third-order valence-corrected chi connectivity index (χ3v) is 6.87. The van der Waals surface area contributed by atoms with Crippen molar-refractivity contribution < 1.29 is 26.4 Å². The van der Waals surface area contributed by atoms with Crippen molar-refractivity contribution in [3.8, 4) is 11.1 Å². The normalized spacial score (nSPS) is 17.3. The molecule has 4 N–H and O–H groups in total. The van der Waals surface area contributed by atoms with Crippen molar-refractivity contribution in [1.82, 2.24) is 10.6 Å². The molecule has 6 nitrogen and oxygen atoms in total. The summed E-state index contributed by atoms with van der Waals surface area (Å²) in [5.74, 6) is -0.548. The van der Waals surface area contributed by atoms with E-state index in [4.69, 9.17) is 5.73 Å². The molecule has 0 unspecified atom stereocenters. The number of carbonyl (C=O) groups excluding carboxylic acids is 1. The molecule has 10 heteroatoms. The molecular formula is C24H30F3N3O3S. The van der Waals surface area contributed by atoms with Gasteiger partial charge in [-0.05, 0) is 54.0 Å². The molecule has 0 heterocycles. The van der Waals surface area contributed by atoms with Crippen molar-refractivity contribution >= 4 is 15.7 Å². The zero-order valence-electron chi connectivity index (χ0n) is 19.3. The van der Waals surface area contributed by atoms with E-state index in [1.807, 2.05) is 13.8 Å². The Hall–Kier alpha value is -2.43. The molecule has 0 radical (unpaired) electrons. The minimum Gasteiger partial charge on any atom is -0.337 e. The molecule has 0 aliphatic heterocycles. The molecule has 2 atom stereocenters. The van der Waals surface area contributed by atoms with Crippen molar-refractivity contribution in [2.24, 2.45) is 11.7 Å². The van der Waals surface area contributed by atoms with Gasteiger partial charge in [-0.1, -0.05) is 50.2 Å². The van der Waals surface area contributed by atoms with E-state index in [9.17, 15) is 26.4 Å². The van der Waals surface area contributed by atoms with Gasteiger partial charge in [0.2, 0.25) is 5.91 Å². The molecule has 1 saturated carbocycles. The first-order valence-corrected chi connectivity index (χ1v) is 12.9.